The highest BCUT2D eigenvalue weighted by molar-refractivity contribution is 8.00. The Labute approximate surface area is 142 Å². The number of allylic oxidation sites excluding steroid dienone is 2. The lowest BCUT2D eigenvalue weighted by atomic mass is 10.0. The maximum Gasteiger partial charge on any atom is 0.121 e. The molecule has 0 aliphatic heterocycles. The standard InChI is InChI=1S/C19H36O2S/c1-6-7-8-11-18(21-5)12-16-22-19(4,14-15-20)13-9-10-17(2)3/h10,15,18H,6-9,11-14,16H2,1-5H3. The van der Waals surface area contributed by atoms with Gasteiger partial charge in [0.05, 0.1) is 6.10 Å². The predicted octanol–water partition coefficient (Wildman–Crippen LogP) is 5.80. The largest absolute Gasteiger partial charge is 0.381 e. The van der Waals surface area contributed by atoms with Crippen molar-refractivity contribution in [2.45, 2.75) is 89.9 Å². The Bertz CT molecular complexity index is 311. The highest BCUT2D eigenvalue weighted by atomic mass is 32.2. The van der Waals surface area contributed by atoms with Crippen LogP contribution < -0.4 is 0 Å². The molecule has 130 valence electrons. The van der Waals surface area contributed by atoms with Crippen molar-refractivity contribution < 1.29 is 9.53 Å². The molecule has 0 aliphatic carbocycles. The molecule has 0 fully saturated rings. The molecule has 0 aromatic carbocycles. The van der Waals surface area contributed by atoms with E-state index in [9.17, 15) is 4.79 Å². The molecule has 2 atom stereocenters. The van der Waals surface area contributed by atoms with E-state index < -0.39 is 0 Å². The van der Waals surface area contributed by atoms with Gasteiger partial charge >= 0.3 is 0 Å². The number of hydrogen-bond donors (Lipinski definition) is 0. The summed E-state index contributed by atoms with van der Waals surface area (Å²) in [5.41, 5.74) is 1.36. The first kappa shape index (κ1) is 21.7. The molecule has 2 nitrogen and oxygen atoms in total. The number of carbonyl (C=O) groups is 1. The molecule has 0 aromatic heterocycles. The number of methoxy groups -OCH3 is 1. The van der Waals surface area contributed by atoms with E-state index in [4.69, 9.17) is 4.74 Å². The van der Waals surface area contributed by atoms with Crippen LogP contribution in [0.5, 0.6) is 0 Å². The van der Waals surface area contributed by atoms with Crippen LogP contribution >= 0.6 is 11.8 Å². The summed E-state index contributed by atoms with van der Waals surface area (Å²) in [6, 6.07) is 0. The van der Waals surface area contributed by atoms with Gasteiger partial charge in [-0.3, -0.25) is 0 Å². The van der Waals surface area contributed by atoms with E-state index in [-0.39, 0.29) is 4.75 Å². The van der Waals surface area contributed by atoms with E-state index in [2.05, 4.69) is 33.8 Å². The summed E-state index contributed by atoms with van der Waals surface area (Å²) in [6.45, 7) is 8.71. The Kier molecular flexibility index (Phi) is 13.0. The molecular weight excluding hydrogens is 292 g/mol. The summed E-state index contributed by atoms with van der Waals surface area (Å²) in [5.74, 6) is 1.07. The fourth-order valence-corrected chi connectivity index (χ4v) is 3.84. The number of carbonyl (C=O) groups excluding carboxylic acids is 1. The van der Waals surface area contributed by atoms with Gasteiger partial charge in [-0.25, -0.2) is 0 Å². The van der Waals surface area contributed by atoms with Gasteiger partial charge in [-0.05, 0) is 45.3 Å². The molecule has 0 radical (unpaired) electrons. The van der Waals surface area contributed by atoms with Crippen LogP contribution in [0, 0.1) is 0 Å². The van der Waals surface area contributed by atoms with Gasteiger partial charge in [0.25, 0.3) is 0 Å². The number of ether oxygens (including phenoxy) is 1. The third-order valence-electron chi connectivity index (χ3n) is 4.09. The third kappa shape index (κ3) is 11.3. The van der Waals surface area contributed by atoms with E-state index >= 15 is 0 Å². The van der Waals surface area contributed by atoms with Crippen LogP contribution in [-0.2, 0) is 9.53 Å². The lowest BCUT2D eigenvalue weighted by Gasteiger charge is -2.27. The number of thioether (sulfide) groups is 1. The molecule has 22 heavy (non-hydrogen) atoms. The Morgan fingerprint density at radius 2 is 2.00 bits per heavy atom. The maximum absolute atomic E-state index is 11.0. The SMILES string of the molecule is CCCCCC(CCSC(C)(CC=O)CCC=C(C)C)OC. The van der Waals surface area contributed by atoms with Crippen LogP contribution in [0.3, 0.4) is 0 Å². The van der Waals surface area contributed by atoms with Crippen molar-refractivity contribution in [3.8, 4) is 0 Å². The summed E-state index contributed by atoms with van der Waals surface area (Å²) >= 11 is 1.94. The average Bonchev–Trinajstić information content (AvgIpc) is 2.45. The summed E-state index contributed by atoms with van der Waals surface area (Å²) in [6.07, 6.45) is 12.5. The van der Waals surface area contributed by atoms with Crippen LogP contribution in [0.15, 0.2) is 11.6 Å². The van der Waals surface area contributed by atoms with Gasteiger partial charge in [0.2, 0.25) is 0 Å². The minimum atomic E-state index is 0.0649. The quantitative estimate of drug-likeness (QED) is 0.229. The van der Waals surface area contributed by atoms with E-state index in [0.717, 1.165) is 37.7 Å². The Morgan fingerprint density at radius 3 is 2.55 bits per heavy atom. The van der Waals surface area contributed by atoms with Crippen LogP contribution in [0.1, 0.15) is 79.1 Å². The second-order valence-corrected chi connectivity index (χ2v) is 8.31. The monoisotopic (exact) mass is 328 g/mol. The number of hydrogen-bond acceptors (Lipinski definition) is 3. The van der Waals surface area contributed by atoms with Gasteiger partial charge in [0, 0.05) is 18.3 Å². The first-order valence-corrected chi connectivity index (χ1v) is 9.69. The highest BCUT2D eigenvalue weighted by Crippen LogP contribution is 2.34. The summed E-state index contributed by atoms with van der Waals surface area (Å²) in [7, 11) is 1.82. The Hall–Kier alpha value is -0.280. The topological polar surface area (TPSA) is 26.3 Å². The van der Waals surface area contributed by atoms with Gasteiger partial charge < -0.3 is 9.53 Å². The second-order valence-electron chi connectivity index (χ2n) is 6.63. The number of rotatable bonds is 14. The van der Waals surface area contributed by atoms with Crippen LogP contribution in [-0.4, -0.2) is 30.0 Å². The normalized spacial score (nSPS) is 15.1. The molecule has 2 unspecified atom stereocenters. The second kappa shape index (κ2) is 13.2. The van der Waals surface area contributed by atoms with Crippen molar-refractivity contribution in [1.82, 2.24) is 0 Å². The molecule has 0 heterocycles. The third-order valence-corrected chi connectivity index (χ3v) is 5.60. The molecule has 0 aliphatic rings. The fraction of sp³-hybridized carbons (Fsp3) is 0.842. The van der Waals surface area contributed by atoms with Gasteiger partial charge in [0.1, 0.15) is 6.29 Å². The predicted molar refractivity (Wildman–Crippen MR) is 99.8 cm³/mol. The summed E-state index contributed by atoms with van der Waals surface area (Å²) in [5, 5.41) is 0. The maximum atomic E-state index is 11.0. The van der Waals surface area contributed by atoms with E-state index in [0.29, 0.717) is 12.5 Å². The van der Waals surface area contributed by atoms with Crippen molar-refractivity contribution in [3.63, 3.8) is 0 Å². The lowest BCUT2D eigenvalue weighted by molar-refractivity contribution is -0.108. The van der Waals surface area contributed by atoms with Crippen molar-refractivity contribution in [2.75, 3.05) is 12.9 Å². The minimum absolute atomic E-state index is 0.0649. The average molecular weight is 329 g/mol. The van der Waals surface area contributed by atoms with Crippen molar-refractivity contribution in [3.05, 3.63) is 11.6 Å². The molecule has 3 heteroatoms. The van der Waals surface area contributed by atoms with Crippen LogP contribution in [0.4, 0.5) is 0 Å². The van der Waals surface area contributed by atoms with E-state index in [1.807, 2.05) is 18.9 Å². The molecule has 0 amide bonds. The van der Waals surface area contributed by atoms with Gasteiger partial charge in [0.15, 0.2) is 0 Å². The van der Waals surface area contributed by atoms with Gasteiger partial charge in [-0.1, -0.05) is 44.8 Å². The molecule has 0 rings (SSSR count). The zero-order valence-corrected chi connectivity index (χ0v) is 16.1. The van der Waals surface area contributed by atoms with Crippen LogP contribution in [0.2, 0.25) is 0 Å². The molecule has 0 saturated carbocycles. The van der Waals surface area contributed by atoms with Crippen molar-refractivity contribution in [1.29, 1.82) is 0 Å². The fourth-order valence-electron chi connectivity index (χ4n) is 2.51. The molecule has 0 aromatic rings. The van der Waals surface area contributed by atoms with E-state index in [1.54, 1.807) is 0 Å². The zero-order chi connectivity index (χ0) is 16.8. The molecule has 0 N–H and O–H groups in total. The Balaban J connectivity index is 4.20. The van der Waals surface area contributed by atoms with E-state index in [1.165, 1.54) is 24.8 Å². The lowest BCUT2D eigenvalue weighted by Crippen LogP contribution is -2.22. The summed E-state index contributed by atoms with van der Waals surface area (Å²) in [4.78, 5) is 11.0. The summed E-state index contributed by atoms with van der Waals surface area (Å²) < 4.78 is 5.66. The van der Waals surface area contributed by atoms with Gasteiger partial charge in [-0.2, -0.15) is 11.8 Å². The highest BCUT2D eigenvalue weighted by Gasteiger charge is 2.24. The van der Waals surface area contributed by atoms with Crippen LogP contribution in [0.25, 0.3) is 0 Å². The molecule has 0 bridgehead atoms. The molecule has 0 saturated heterocycles. The molecule has 0 spiro atoms. The number of unbranched alkanes of at least 4 members (excludes halogenated alkanes) is 2. The zero-order valence-electron chi connectivity index (χ0n) is 15.3. The first-order valence-electron chi connectivity index (χ1n) is 8.71. The van der Waals surface area contributed by atoms with Crippen molar-refractivity contribution in [2.24, 2.45) is 0 Å². The van der Waals surface area contributed by atoms with Crippen molar-refractivity contribution >= 4 is 18.0 Å². The smallest absolute Gasteiger partial charge is 0.121 e. The Morgan fingerprint density at radius 1 is 1.27 bits per heavy atom. The minimum Gasteiger partial charge on any atom is -0.381 e. The number of aldehydes is 1. The first-order chi connectivity index (χ1) is 10.5. The molecular formula is C19H36O2S. The van der Waals surface area contributed by atoms with Gasteiger partial charge in [-0.15, -0.1) is 0 Å².